The van der Waals surface area contributed by atoms with Crippen molar-refractivity contribution < 1.29 is 18.7 Å². The summed E-state index contributed by atoms with van der Waals surface area (Å²) < 4.78 is 24.3. The van der Waals surface area contributed by atoms with Crippen LogP contribution in [0.5, 0.6) is 11.5 Å². The van der Waals surface area contributed by atoms with Gasteiger partial charge in [0.05, 0.1) is 13.2 Å². The molecule has 0 bridgehead atoms. The Morgan fingerprint density at radius 3 is 2.29 bits per heavy atom. The normalized spacial score (nSPS) is 13.1. The maximum atomic E-state index is 13.1. The van der Waals surface area contributed by atoms with Crippen molar-refractivity contribution in [2.24, 2.45) is 0 Å². The molecule has 1 amide bonds. The van der Waals surface area contributed by atoms with Crippen molar-refractivity contribution >= 4 is 5.91 Å². The monoisotopic (exact) mass is 387 g/mol. The van der Waals surface area contributed by atoms with Crippen LogP contribution in [0.2, 0.25) is 0 Å². The highest BCUT2D eigenvalue weighted by molar-refractivity contribution is 5.81. The number of aryl methyl sites for hydroxylation is 1. The number of halogens is 1. The molecule has 0 unspecified atom stereocenters. The number of carbonyl (C=O) groups excluding carboxylic acids is 1. The Balaban J connectivity index is 2.15. The first-order valence-corrected chi connectivity index (χ1v) is 9.67. The van der Waals surface area contributed by atoms with Gasteiger partial charge in [0.15, 0.2) is 6.10 Å². The zero-order valence-corrected chi connectivity index (χ0v) is 17.5. The Kier molecular flexibility index (Phi) is 7.44. The summed E-state index contributed by atoms with van der Waals surface area (Å²) in [4.78, 5) is 12.7. The van der Waals surface area contributed by atoms with Crippen LogP contribution in [0.4, 0.5) is 4.39 Å². The van der Waals surface area contributed by atoms with Gasteiger partial charge in [-0.05, 0) is 79.3 Å². The fourth-order valence-corrected chi connectivity index (χ4v) is 3.19. The van der Waals surface area contributed by atoms with Crippen molar-refractivity contribution in [3.8, 4) is 11.5 Å². The lowest BCUT2D eigenvalue weighted by molar-refractivity contribution is -0.128. The topological polar surface area (TPSA) is 47.6 Å². The van der Waals surface area contributed by atoms with E-state index in [9.17, 15) is 9.18 Å². The summed E-state index contributed by atoms with van der Waals surface area (Å²) >= 11 is 0. The molecule has 0 fully saturated rings. The maximum absolute atomic E-state index is 13.1. The van der Waals surface area contributed by atoms with Crippen molar-refractivity contribution in [3.05, 3.63) is 58.9 Å². The smallest absolute Gasteiger partial charge is 0.261 e. The van der Waals surface area contributed by atoms with Gasteiger partial charge in [-0.1, -0.05) is 20.8 Å². The van der Waals surface area contributed by atoms with Crippen LogP contribution in [-0.2, 0) is 4.79 Å². The van der Waals surface area contributed by atoms with Gasteiger partial charge in [-0.15, -0.1) is 0 Å². The summed E-state index contributed by atoms with van der Waals surface area (Å²) in [7, 11) is 1.67. The number of amides is 1. The van der Waals surface area contributed by atoms with Crippen molar-refractivity contribution in [1.29, 1.82) is 0 Å². The second-order valence-corrected chi connectivity index (χ2v) is 7.30. The number of benzene rings is 2. The quantitative estimate of drug-likeness (QED) is 0.668. The van der Waals surface area contributed by atoms with E-state index in [-0.39, 0.29) is 17.8 Å². The summed E-state index contributed by atoms with van der Waals surface area (Å²) in [5, 5.41) is 3.04. The van der Waals surface area contributed by atoms with Gasteiger partial charge in [-0.3, -0.25) is 4.79 Å². The standard InChI is InChI=1S/C23H30FNO3/c1-7-21(28-18-10-8-17(24)9-11-18)23(26)25-16(5)20-13-19(14(2)3)22(27-6)12-15(20)4/h8-14,16,21H,7H2,1-6H3,(H,25,26)/t16-,21+/m0/s1. The van der Waals surface area contributed by atoms with Gasteiger partial charge in [0, 0.05) is 0 Å². The molecule has 2 rings (SSSR count). The predicted molar refractivity (Wildman–Crippen MR) is 109 cm³/mol. The maximum Gasteiger partial charge on any atom is 0.261 e. The molecule has 0 radical (unpaired) electrons. The van der Waals surface area contributed by atoms with E-state index in [0.717, 1.165) is 22.4 Å². The highest BCUT2D eigenvalue weighted by atomic mass is 19.1. The molecule has 152 valence electrons. The molecule has 28 heavy (non-hydrogen) atoms. The summed E-state index contributed by atoms with van der Waals surface area (Å²) in [6.45, 7) is 10.1. The Morgan fingerprint density at radius 2 is 1.75 bits per heavy atom. The first-order valence-electron chi connectivity index (χ1n) is 9.67. The molecule has 0 saturated heterocycles. The Bertz CT molecular complexity index is 802. The van der Waals surface area contributed by atoms with Crippen molar-refractivity contribution in [2.75, 3.05) is 7.11 Å². The molecule has 2 aromatic rings. The summed E-state index contributed by atoms with van der Waals surface area (Å²) in [6.07, 6.45) is -0.134. The zero-order valence-electron chi connectivity index (χ0n) is 17.5. The largest absolute Gasteiger partial charge is 0.496 e. The summed E-state index contributed by atoms with van der Waals surface area (Å²) in [5.74, 6) is 1.11. The van der Waals surface area contributed by atoms with E-state index in [0.29, 0.717) is 18.1 Å². The molecule has 5 heteroatoms. The number of nitrogens with one attached hydrogen (secondary N) is 1. The van der Waals surface area contributed by atoms with E-state index in [1.54, 1.807) is 7.11 Å². The van der Waals surface area contributed by atoms with Crippen molar-refractivity contribution in [2.45, 2.75) is 59.1 Å². The average molecular weight is 387 g/mol. The van der Waals surface area contributed by atoms with Crippen LogP contribution in [0, 0.1) is 12.7 Å². The molecule has 0 saturated carbocycles. The number of carbonyl (C=O) groups is 1. The lowest BCUT2D eigenvalue weighted by atomic mass is 9.93. The number of hydrogen-bond donors (Lipinski definition) is 1. The fraction of sp³-hybridized carbons (Fsp3) is 0.435. The average Bonchev–Trinajstić information content (AvgIpc) is 2.66. The van der Waals surface area contributed by atoms with Crippen LogP contribution in [0.3, 0.4) is 0 Å². The van der Waals surface area contributed by atoms with Crippen molar-refractivity contribution in [3.63, 3.8) is 0 Å². The minimum atomic E-state index is -0.643. The highest BCUT2D eigenvalue weighted by Gasteiger charge is 2.22. The second kappa shape index (κ2) is 9.58. The van der Waals surface area contributed by atoms with Crippen LogP contribution in [0.15, 0.2) is 36.4 Å². The van der Waals surface area contributed by atoms with Crippen LogP contribution < -0.4 is 14.8 Å². The molecule has 0 spiro atoms. The van der Waals surface area contributed by atoms with Crippen LogP contribution in [0.1, 0.15) is 62.8 Å². The first kappa shape index (κ1) is 21.7. The number of methoxy groups -OCH3 is 1. The molecule has 4 nitrogen and oxygen atoms in total. The Morgan fingerprint density at radius 1 is 1.11 bits per heavy atom. The van der Waals surface area contributed by atoms with E-state index >= 15 is 0 Å². The number of rotatable bonds is 8. The lowest BCUT2D eigenvalue weighted by Gasteiger charge is -2.23. The second-order valence-electron chi connectivity index (χ2n) is 7.30. The molecular formula is C23H30FNO3. The summed E-state index contributed by atoms with van der Waals surface area (Å²) in [5.41, 5.74) is 3.22. The minimum absolute atomic E-state index is 0.179. The van der Waals surface area contributed by atoms with E-state index in [1.807, 2.05) is 26.8 Å². The van der Waals surface area contributed by atoms with E-state index in [1.165, 1.54) is 24.3 Å². The molecule has 1 N–H and O–H groups in total. The van der Waals surface area contributed by atoms with Crippen LogP contribution >= 0.6 is 0 Å². The summed E-state index contributed by atoms with van der Waals surface area (Å²) in [6, 6.07) is 9.62. The first-order chi connectivity index (χ1) is 13.3. The lowest BCUT2D eigenvalue weighted by Crippen LogP contribution is -2.39. The van der Waals surface area contributed by atoms with Gasteiger partial charge in [-0.2, -0.15) is 0 Å². The molecule has 0 aromatic heterocycles. The number of hydrogen-bond acceptors (Lipinski definition) is 3. The van der Waals surface area contributed by atoms with Crippen LogP contribution in [-0.4, -0.2) is 19.1 Å². The van der Waals surface area contributed by atoms with E-state index in [4.69, 9.17) is 9.47 Å². The SMILES string of the molecule is CC[C@@H](Oc1ccc(F)cc1)C(=O)N[C@@H](C)c1cc(C(C)C)c(OC)cc1C. The molecule has 2 aromatic carbocycles. The molecule has 0 heterocycles. The third kappa shape index (κ3) is 5.24. The van der Waals surface area contributed by atoms with Gasteiger partial charge >= 0.3 is 0 Å². The van der Waals surface area contributed by atoms with Gasteiger partial charge in [0.1, 0.15) is 17.3 Å². The van der Waals surface area contributed by atoms with E-state index in [2.05, 4.69) is 25.2 Å². The van der Waals surface area contributed by atoms with Crippen molar-refractivity contribution in [1.82, 2.24) is 5.32 Å². The molecule has 2 atom stereocenters. The van der Waals surface area contributed by atoms with E-state index < -0.39 is 6.10 Å². The van der Waals surface area contributed by atoms with Gasteiger partial charge in [0.25, 0.3) is 5.91 Å². The van der Waals surface area contributed by atoms with Gasteiger partial charge in [0.2, 0.25) is 0 Å². The number of ether oxygens (including phenoxy) is 2. The predicted octanol–water partition coefficient (Wildman–Crippen LogP) is 5.30. The Labute approximate surface area is 167 Å². The highest BCUT2D eigenvalue weighted by Crippen LogP contribution is 2.32. The molecule has 0 aliphatic rings. The van der Waals surface area contributed by atoms with Gasteiger partial charge < -0.3 is 14.8 Å². The molecule has 0 aliphatic carbocycles. The van der Waals surface area contributed by atoms with Gasteiger partial charge in [-0.25, -0.2) is 4.39 Å². The Hall–Kier alpha value is -2.56. The molecular weight excluding hydrogens is 357 g/mol. The fourth-order valence-electron chi connectivity index (χ4n) is 3.19. The minimum Gasteiger partial charge on any atom is -0.496 e. The third-order valence-corrected chi connectivity index (χ3v) is 4.82. The zero-order chi connectivity index (χ0) is 20.8. The molecule has 0 aliphatic heterocycles. The van der Waals surface area contributed by atoms with Crippen LogP contribution in [0.25, 0.3) is 0 Å². The third-order valence-electron chi connectivity index (χ3n) is 4.82.